The SMILES string of the molecule is CCN(CC)S(=O)(=O)c1ccc(Cl)c(NC(=O)CSc2cc(Cl)ccc2Cl)c1. The molecule has 0 aliphatic rings. The number of hydrogen-bond donors (Lipinski definition) is 1. The summed E-state index contributed by atoms with van der Waals surface area (Å²) in [6, 6.07) is 9.23. The van der Waals surface area contributed by atoms with E-state index in [9.17, 15) is 13.2 Å². The summed E-state index contributed by atoms with van der Waals surface area (Å²) >= 11 is 19.4. The van der Waals surface area contributed by atoms with Crippen molar-refractivity contribution in [2.24, 2.45) is 0 Å². The molecule has 0 unspecified atom stereocenters. The van der Waals surface area contributed by atoms with Gasteiger partial charge in [-0.2, -0.15) is 4.31 Å². The van der Waals surface area contributed by atoms with Crippen molar-refractivity contribution in [3.8, 4) is 0 Å². The molecule has 2 aromatic rings. The van der Waals surface area contributed by atoms with Gasteiger partial charge in [0.2, 0.25) is 15.9 Å². The first kappa shape index (κ1) is 23.3. The number of carbonyl (C=O) groups is 1. The lowest BCUT2D eigenvalue weighted by Crippen LogP contribution is -2.30. The Morgan fingerprint density at radius 3 is 2.32 bits per heavy atom. The largest absolute Gasteiger partial charge is 0.324 e. The number of nitrogens with one attached hydrogen (secondary N) is 1. The molecule has 1 N–H and O–H groups in total. The maximum absolute atomic E-state index is 12.7. The van der Waals surface area contributed by atoms with Gasteiger partial charge in [-0.25, -0.2) is 8.42 Å². The third-order valence-corrected chi connectivity index (χ3v) is 7.91. The van der Waals surface area contributed by atoms with Crippen LogP contribution in [-0.4, -0.2) is 37.5 Å². The van der Waals surface area contributed by atoms with Gasteiger partial charge in [0.05, 0.1) is 26.4 Å². The van der Waals surface area contributed by atoms with Crippen molar-refractivity contribution in [2.75, 3.05) is 24.2 Å². The molecule has 10 heteroatoms. The fourth-order valence-electron chi connectivity index (χ4n) is 2.39. The number of sulfonamides is 1. The zero-order valence-corrected chi connectivity index (χ0v) is 19.1. The number of benzene rings is 2. The predicted octanol–water partition coefficient (Wildman–Crippen LogP) is 5.41. The zero-order chi connectivity index (χ0) is 20.9. The fourth-order valence-corrected chi connectivity index (χ4v) is 5.33. The summed E-state index contributed by atoms with van der Waals surface area (Å²) < 4.78 is 26.7. The number of rotatable bonds is 8. The van der Waals surface area contributed by atoms with Crippen molar-refractivity contribution in [1.82, 2.24) is 4.31 Å². The van der Waals surface area contributed by atoms with Crippen LogP contribution in [0.2, 0.25) is 15.1 Å². The number of amides is 1. The first-order valence-corrected chi connectivity index (χ1v) is 11.9. The van der Waals surface area contributed by atoms with E-state index in [2.05, 4.69) is 5.32 Å². The maximum atomic E-state index is 12.7. The van der Waals surface area contributed by atoms with Crippen LogP contribution in [0.1, 0.15) is 13.8 Å². The van der Waals surface area contributed by atoms with Crippen molar-refractivity contribution in [3.63, 3.8) is 0 Å². The van der Waals surface area contributed by atoms with Crippen LogP contribution in [0.3, 0.4) is 0 Å². The van der Waals surface area contributed by atoms with E-state index in [4.69, 9.17) is 34.8 Å². The Kier molecular flexibility index (Phi) is 8.48. The summed E-state index contributed by atoms with van der Waals surface area (Å²) in [4.78, 5) is 13.1. The lowest BCUT2D eigenvalue weighted by atomic mass is 10.3. The molecule has 0 heterocycles. The molecule has 152 valence electrons. The molecule has 28 heavy (non-hydrogen) atoms. The topological polar surface area (TPSA) is 66.5 Å². The van der Waals surface area contributed by atoms with Gasteiger partial charge in [0.15, 0.2) is 0 Å². The Bertz CT molecular complexity index is 965. The highest BCUT2D eigenvalue weighted by atomic mass is 35.5. The van der Waals surface area contributed by atoms with Crippen LogP contribution < -0.4 is 5.32 Å². The minimum Gasteiger partial charge on any atom is -0.324 e. The molecule has 0 radical (unpaired) electrons. The van der Waals surface area contributed by atoms with Crippen molar-refractivity contribution < 1.29 is 13.2 Å². The van der Waals surface area contributed by atoms with E-state index in [-0.39, 0.29) is 27.3 Å². The molecule has 0 atom stereocenters. The highest BCUT2D eigenvalue weighted by Crippen LogP contribution is 2.31. The van der Waals surface area contributed by atoms with E-state index in [1.54, 1.807) is 32.0 Å². The maximum Gasteiger partial charge on any atom is 0.243 e. The van der Waals surface area contributed by atoms with Crippen LogP contribution >= 0.6 is 46.6 Å². The molecule has 0 fully saturated rings. The summed E-state index contributed by atoms with van der Waals surface area (Å²) in [5.41, 5.74) is 0.234. The Hall–Kier alpha value is -0.960. The molecule has 2 rings (SSSR count). The second-order valence-electron chi connectivity index (χ2n) is 5.64. The number of nitrogens with zero attached hydrogens (tertiary/aromatic N) is 1. The second kappa shape index (κ2) is 10.2. The molecule has 0 aliphatic carbocycles. The van der Waals surface area contributed by atoms with Gasteiger partial charge in [-0.3, -0.25) is 4.79 Å². The lowest BCUT2D eigenvalue weighted by molar-refractivity contribution is -0.113. The minimum atomic E-state index is -3.66. The Balaban J connectivity index is 2.15. The Morgan fingerprint density at radius 1 is 1.04 bits per heavy atom. The van der Waals surface area contributed by atoms with Crippen LogP contribution in [0.4, 0.5) is 5.69 Å². The first-order chi connectivity index (χ1) is 13.2. The number of hydrogen-bond acceptors (Lipinski definition) is 4. The zero-order valence-electron chi connectivity index (χ0n) is 15.2. The van der Waals surface area contributed by atoms with Crippen LogP contribution in [0.5, 0.6) is 0 Å². The number of halogens is 3. The van der Waals surface area contributed by atoms with E-state index in [1.165, 1.54) is 34.3 Å². The highest BCUT2D eigenvalue weighted by molar-refractivity contribution is 8.00. The number of anilines is 1. The summed E-state index contributed by atoms with van der Waals surface area (Å²) in [5.74, 6) is -0.288. The summed E-state index contributed by atoms with van der Waals surface area (Å²) in [7, 11) is -3.66. The van der Waals surface area contributed by atoms with Crippen LogP contribution in [0.25, 0.3) is 0 Å². The van der Waals surface area contributed by atoms with Gasteiger partial charge >= 0.3 is 0 Å². The quantitative estimate of drug-likeness (QED) is 0.512. The van der Waals surface area contributed by atoms with Crippen molar-refractivity contribution in [1.29, 1.82) is 0 Å². The molecule has 0 aromatic heterocycles. The number of thioether (sulfide) groups is 1. The van der Waals surface area contributed by atoms with Gasteiger partial charge in [-0.15, -0.1) is 11.8 Å². The summed E-state index contributed by atoms with van der Waals surface area (Å²) in [6.45, 7) is 4.22. The third kappa shape index (κ3) is 5.78. The van der Waals surface area contributed by atoms with E-state index in [1.807, 2.05) is 0 Å². The lowest BCUT2D eigenvalue weighted by Gasteiger charge is -2.19. The summed E-state index contributed by atoms with van der Waals surface area (Å²) in [6.07, 6.45) is 0. The average molecular weight is 482 g/mol. The molecular weight excluding hydrogens is 463 g/mol. The fraction of sp³-hybridized carbons (Fsp3) is 0.278. The normalized spacial score (nSPS) is 11.6. The molecule has 0 saturated carbocycles. The van der Waals surface area contributed by atoms with Gasteiger partial charge in [-0.1, -0.05) is 48.7 Å². The molecule has 0 bridgehead atoms. The van der Waals surface area contributed by atoms with Crippen molar-refractivity contribution in [2.45, 2.75) is 23.6 Å². The molecule has 1 amide bonds. The molecular formula is C18H19Cl3N2O3S2. The second-order valence-corrected chi connectivity index (χ2v) is 9.85. The van der Waals surface area contributed by atoms with Gasteiger partial charge < -0.3 is 5.32 Å². The molecule has 5 nitrogen and oxygen atoms in total. The van der Waals surface area contributed by atoms with Crippen molar-refractivity contribution in [3.05, 3.63) is 51.5 Å². The van der Waals surface area contributed by atoms with Crippen LogP contribution in [0.15, 0.2) is 46.2 Å². The van der Waals surface area contributed by atoms with Gasteiger partial charge in [0.1, 0.15) is 0 Å². The number of carbonyl (C=O) groups excluding carboxylic acids is 1. The third-order valence-electron chi connectivity index (χ3n) is 3.81. The Morgan fingerprint density at radius 2 is 1.68 bits per heavy atom. The smallest absolute Gasteiger partial charge is 0.243 e. The standard InChI is InChI=1S/C18H19Cl3N2O3S2/c1-3-23(4-2)28(25,26)13-6-8-14(20)16(10-13)22-18(24)11-27-17-9-12(19)5-7-15(17)21/h5-10H,3-4,11H2,1-2H3,(H,22,24). The average Bonchev–Trinajstić information content (AvgIpc) is 2.65. The van der Waals surface area contributed by atoms with E-state index >= 15 is 0 Å². The molecule has 0 spiro atoms. The molecule has 0 saturated heterocycles. The molecule has 0 aliphatic heterocycles. The Labute approximate surface area is 184 Å². The highest BCUT2D eigenvalue weighted by Gasteiger charge is 2.22. The monoisotopic (exact) mass is 480 g/mol. The van der Waals surface area contributed by atoms with Crippen LogP contribution in [0, 0.1) is 0 Å². The van der Waals surface area contributed by atoms with Crippen molar-refractivity contribution >= 4 is 68.2 Å². The van der Waals surface area contributed by atoms with Gasteiger partial charge in [0, 0.05) is 23.0 Å². The van der Waals surface area contributed by atoms with Gasteiger partial charge in [-0.05, 0) is 36.4 Å². The first-order valence-electron chi connectivity index (χ1n) is 8.36. The predicted molar refractivity (Wildman–Crippen MR) is 117 cm³/mol. The molecule has 2 aromatic carbocycles. The van der Waals surface area contributed by atoms with E-state index in [0.29, 0.717) is 28.0 Å². The van der Waals surface area contributed by atoms with Gasteiger partial charge in [0.25, 0.3) is 0 Å². The summed E-state index contributed by atoms with van der Waals surface area (Å²) in [5, 5.41) is 3.91. The minimum absolute atomic E-state index is 0.0589. The van der Waals surface area contributed by atoms with Crippen LogP contribution in [-0.2, 0) is 14.8 Å². The van der Waals surface area contributed by atoms with E-state index < -0.39 is 10.0 Å². The van der Waals surface area contributed by atoms with E-state index in [0.717, 1.165) is 0 Å².